The fourth-order valence-corrected chi connectivity index (χ4v) is 4.70. The molecular weight excluding hydrogens is 424 g/mol. The van der Waals surface area contributed by atoms with E-state index >= 15 is 0 Å². The lowest BCUT2D eigenvalue weighted by Gasteiger charge is -2.31. The van der Waals surface area contributed by atoms with Gasteiger partial charge in [-0.3, -0.25) is 4.79 Å². The Balaban J connectivity index is 1.80. The van der Waals surface area contributed by atoms with Crippen LogP contribution in [0, 0.1) is 5.41 Å². The van der Waals surface area contributed by atoms with Crippen molar-refractivity contribution in [1.29, 1.82) is 0 Å². The topological polar surface area (TPSA) is 51.2 Å². The van der Waals surface area contributed by atoms with Gasteiger partial charge < -0.3 is 10.1 Å². The van der Waals surface area contributed by atoms with Crippen LogP contribution in [0.4, 0.5) is 5.13 Å². The summed E-state index contributed by atoms with van der Waals surface area (Å²) < 4.78 is 6.46. The van der Waals surface area contributed by atoms with Crippen LogP contribution in [0.25, 0.3) is 0 Å². The summed E-state index contributed by atoms with van der Waals surface area (Å²) in [6.45, 7) is 2.04. The van der Waals surface area contributed by atoms with Crippen molar-refractivity contribution in [3.05, 3.63) is 75.2 Å². The molecule has 6 heteroatoms. The first-order valence-corrected chi connectivity index (χ1v) is 10.3. The summed E-state index contributed by atoms with van der Waals surface area (Å²) in [5.41, 5.74) is 2.82. The van der Waals surface area contributed by atoms with Gasteiger partial charge in [-0.25, -0.2) is 4.98 Å². The summed E-state index contributed by atoms with van der Waals surface area (Å²) in [4.78, 5) is 17.5. The number of nitrogens with one attached hydrogen (secondary N) is 1. The number of anilines is 1. The zero-order valence-corrected chi connectivity index (χ0v) is 17.4. The number of nitrogens with zero attached hydrogens (tertiary/aromatic N) is 1. The minimum atomic E-state index is -0.617. The van der Waals surface area contributed by atoms with E-state index in [4.69, 9.17) is 4.74 Å². The van der Waals surface area contributed by atoms with Crippen molar-refractivity contribution in [3.63, 3.8) is 0 Å². The van der Waals surface area contributed by atoms with Crippen LogP contribution in [-0.2, 0) is 11.2 Å². The number of rotatable bonds is 4. The molecule has 4 nitrogen and oxygen atoms in total. The van der Waals surface area contributed by atoms with Gasteiger partial charge in [0.05, 0.1) is 12.5 Å². The fraction of sp³-hybridized carbons (Fsp3) is 0.238. The highest BCUT2D eigenvalue weighted by molar-refractivity contribution is 9.10. The Morgan fingerprint density at radius 1 is 1.30 bits per heavy atom. The molecule has 1 amide bonds. The van der Waals surface area contributed by atoms with Gasteiger partial charge in [-0.2, -0.15) is 0 Å². The number of benzene rings is 2. The second kappa shape index (κ2) is 7.09. The molecule has 0 unspecified atom stereocenters. The van der Waals surface area contributed by atoms with Crippen LogP contribution < -0.4 is 10.1 Å². The van der Waals surface area contributed by atoms with Crippen LogP contribution in [-0.4, -0.2) is 18.0 Å². The standard InChI is InChI=1S/C21H19BrN2O2S/c1-21(19(25)24-20-23-9-10-27-20)12-14-5-8-16(26-2)11-17(14)18(21)13-3-6-15(22)7-4-13/h3-11,18H,12H2,1-2H3,(H,23,24,25)/t18-,21+/m0/s1. The molecule has 0 aliphatic heterocycles. The highest BCUT2D eigenvalue weighted by atomic mass is 79.9. The zero-order chi connectivity index (χ0) is 19.0. The third kappa shape index (κ3) is 3.28. The molecule has 27 heavy (non-hydrogen) atoms. The minimum Gasteiger partial charge on any atom is -0.497 e. The van der Waals surface area contributed by atoms with Crippen molar-refractivity contribution in [2.24, 2.45) is 5.41 Å². The molecule has 1 aliphatic carbocycles. The number of hydrogen-bond donors (Lipinski definition) is 1. The van der Waals surface area contributed by atoms with Gasteiger partial charge in [0.2, 0.25) is 5.91 Å². The van der Waals surface area contributed by atoms with Crippen LogP contribution in [0.2, 0.25) is 0 Å². The van der Waals surface area contributed by atoms with Crippen molar-refractivity contribution < 1.29 is 9.53 Å². The molecule has 1 aliphatic rings. The van der Waals surface area contributed by atoms with Crippen molar-refractivity contribution in [2.75, 3.05) is 12.4 Å². The Kier molecular flexibility index (Phi) is 4.78. The van der Waals surface area contributed by atoms with E-state index in [1.54, 1.807) is 13.3 Å². The number of carbonyl (C=O) groups is 1. The third-order valence-electron chi connectivity index (χ3n) is 5.23. The molecule has 0 spiro atoms. The SMILES string of the molecule is COc1ccc2c(c1)[C@H](c1ccc(Br)cc1)[C@](C)(C(=O)Nc1nccs1)C2. The molecule has 3 aromatic rings. The molecule has 0 bridgehead atoms. The molecule has 4 rings (SSSR count). The predicted molar refractivity (Wildman–Crippen MR) is 112 cm³/mol. The van der Waals surface area contributed by atoms with Gasteiger partial charge in [0.15, 0.2) is 5.13 Å². The number of fused-ring (bicyclic) bond motifs is 1. The predicted octanol–water partition coefficient (Wildman–Crippen LogP) is 5.25. The number of methoxy groups -OCH3 is 1. The second-order valence-corrected chi connectivity index (χ2v) is 8.75. The fourth-order valence-electron chi connectivity index (χ4n) is 3.91. The highest BCUT2D eigenvalue weighted by Gasteiger charge is 2.49. The normalized spacial score (nSPS) is 20.9. The molecule has 138 valence electrons. The van der Waals surface area contributed by atoms with Gasteiger partial charge in [-0.05, 0) is 54.3 Å². The quantitative estimate of drug-likeness (QED) is 0.600. The first-order chi connectivity index (χ1) is 13.0. The van der Waals surface area contributed by atoms with E-state index in [1.165, 1.54) is 16.9 Å². The van der Waals surface area contributed by atoms with Gasteiger partial charge in [0.25, 0.3) is 0 Å². The Hall–Kier alpha value is -2.18. The third-order valence-corrected chi connectivity index (χ3v) is 6.45. The Morgan fingerprint density at radius 2 is 2.07 bits per heavy atom. The van der Waals surface area contributed by atoms with Gasteiger partial charge in [-0.15, -0.1) is 11.3 Å². The van der Waals surface area contributed by atoms with Gasteiger partial charge in [0.1, 0.15) is 5.75 Å². The molecule has 1 N–H and O–H groups in total. The van der Waals surface area contributed by atoms with E-state index in [0.29, 0.717) is 11.6 Å². The maximum atomic E-state index is 13.3. The van der Waals surface area contributed by atoms with E-state index < -0.39 is 5.41 Å². The first kappa shape index (κ1) is 18.2. The largest absolute Gasteiger partial charge is 0.497 e. The summed E-state index contributed by atoms with van der Waals surface area (Å²) in [5, 5.41) is 5.50. The van der Waals surface area contributed by atoms with Gasteiger partial charge in [-0.1, -0.05) is 34.1 Å². The Bertz CT molecular complexity index is 972. The highest BCUT2D eigenvalue weighted by Crippen LogP contribution is 2.52. The number of amides is 1. The molecular formula is C21H19BrN2O2S. The van der Waals surface area contributed by atoms with E-state index in [0.717, 1.165) is 21.3 Å². The number of aromatic nitrogens is 1. The lowest BCUT2D eigenvalue weighted by Crippen LogP contribution is -2.37. The van der Waals surface area contributed by atoms with Crippen LogP contribution in [0.1, 0.15) is 29.5 Å². The van der Waals surface area contributed by atoms with E-state index in [1.807, 2.05) is 30.5 Å². The van der Waals surface area contributed by atoms with Gasteiger partial charge in [0, 0.05) is 22.0 Å². The summed E-state index contributed by atoms with van der Waals surface area (Å²) in [5.74, 6) is 0.733. The number of hydrogen-bond acceptors (Lipinski definition) is 4. The van der Waals surface area contributed by atoms with Gasteiger partial charge >= 0.3 is 0 Å². The minimum absolute atomic E-state index is 0.0134. The molecule has 2 atom stereocenters. The van der Waals surface area contributed by atoms with E-state index in [2.05, 4.69) is 50.5 Å². The molecule has 0 radical (unpaired) electrons. The molecule has 2 aromatic carbocycles. The molecule has 0 saturated carbocycles. The van der Waals surface area contributed by atoms with Crippen LogP contribution in [0.15, 0.2) is 58.5 Å². The van der Waals surface area contributed by atoms with Crippen LogP contribution >= 0.6 is 27.3 Å². The summed E-state index contributed by atoms with van der Waals surface area (Å²) in [7, 11) is 1.67. The van der Waals surface area contributed by atoms with E-state index in [-0.39, 0.29) is 11.8 Å². The summed E-state index contributed by atoms with van der Waals surface area (Å²) >= 11 is 4.93. The maximum Gasteiger partial charge on any atom is 0.233 e. The first-order valence-electron chi connectivity index (χ1n) is 8.64. The lowest BCUT2D eigenvalue weighted by molar-refractivity contribution is -0.125. The Morgan fingerprint density at radius 3 is 2.74 bits per heavy atom. The number of carbonyl (C=O) groups excluding carboxylic acids is 1. The van der Waals surface area contributed by atoms with E-state index in [9.17, 15) is 4.79 Å². The zero-order valence-electron chi connectivity index (χ0n) is 15.0. The Labute approximate surface area is 170 Å². The van der Waals surface area contributed by atoms with Crippen molar-refractivity contribution in [3.8, 4) is 5.75 Å². The number of ether oxygens (including phenoxy) is 1. The molecule has 0 saturated heterocycles. The lowest BCUT2D eigenvalue weighted by atomic mass is 9.73. The van der Waals surface area contributed by atoms with Crippen LogP contribution in [0.5, 0.6) is 5.75 Å². The summed E-state index contributed by atoms with van der Waals surface area (Å²) in [6, 6.07) is 14.3. The van der Waals surface area contributed by atoms with Crippen LogP contribution in [0.3, 0.4) is 0 Å². The molecule has 0 fully saturated rings. The average Bonchev–Trinajstić information content (AvgIpc) is 3.27. The smallest absolute Gasteiger partial charge is 0.233 e. The summed E-state index contributed by atoms with van der Waals surface area (Å²) in [6.07, 6.45) is 2.37. The maximum absolute atomic E-state index is 13.3. The number of thiazole rings is 1. The van der Waals surface area contributed by atoms with Crippen molar-refractivity contribution >= 4 is 38.3 Å². The molecule has 1 aromatic heterocycles. The van der Waals surface area contributed by atoms with Crippen molar-refractivity contribution in [2.45, 2.75) is 19.3 Å². The monoisotopic (exact) mass is 442 g/mol. The average molecular weight is 443 g/mol. The molecule has 1 heterocycles. The second-order valence-electron chi connectivity index (χ2n) is 6.93. The number of halogens is 1. The van der Waals surface area contributed by atoms with Crippen molar-refractivity contribution in [1.82, 2.24) is 4.98 Å².